The molecule has 1 aromatic carbocycles. The lowest BCUT2D eigenvalue weighted by Gasteiger charge is -2.13. The van der Waals surface area contributed by atoms with Crippen molar-refractivity contribution < 1.29 is 9.72 Å². The second-order valence-corrected chi connectivity index (χ2v) is 6.62. The van der Waals surface area contributed by atoms with Gasteiger partial charge in [0.1, 0.15) is 0 Å². The van der Waals surface area contributed by atoms with Crippen LogP contribution in [0, 0.1) is 10.1 Å². The number of hydrogen-bond acceptors (Lipinski definition) is 4. The molecule has 0 radical (unpaired) electrons. The summed E-state index contributed by atoms with van der Waals surface area (Å²) in [6.07, 6.45) is 4.23. The Morgan fingerprint density at radius 2 is 2.26 bits per heavy atom. The zero-order chi connectivity index (χ0) is 14.0. The molecule has 1 saturated carbocycles. The minimum absolute atomic E-state index is 0.0839. The summed E-state index contributed by atoms with van der Waals surface area (Å²) in [5.41, 5.74) is 0.213. The molecule has 1 fully saturated rings. The van der Waals surface area contributed by atoms with Gasteiger partial charge in [-0.05, 0) is 41.1 Å². The van der Waals surface area contributed by atoms with E-state index in [0.29, 0.717) is 16.6 Å². The van der Waals surface area contributed by atoms with Crippen molar-refractivity contribution in [3.63, 3.8) is 0 Å². The summed E-state index contributed by atoms with van der Waals surface area (Å²) < 4.78 is 0.729. The first-order valence-electron chi connectivity index (χ1n) is 5.75. The minimum Gasteiger partial charge on any atom is -0.351 e. The van der Waals surface area contributed by atoms with Crippen LogP contribution in [-0.2, 0) is 0 Å². The molecule has 1 aliphatic rings. The van der Waals surface area contributed by atoms with Crippen molar-refractivity contribution in [2.45, 2.75) is 17.6 Å². The molecule has 102 valence electrons. The second kappa shape index (κ2) is 5.50. The fourth-order valence-electron chi connectivity index (χ4n) is 1.73. The van der Waals surface area contributed by atoms with E-state index >= 15 is 0 Å². The second-order valence-electron chi connectivity index (χ2n) is 4.49. The average molecular weight is 345 g/mol. The largest absolute Gasteiger partial charge is 0.351 e. The van der Waals surface area contributed by atoms with E-state index in [2.05, 4.69) is 21.2 Å². The number of carbonyl (C=O) groups excluding carboxylic acids is 1. The zero-order valence-electron chi connectivity index (χ0n) is 10.3. The van der Waals surface area contributed by atoms with Crippen molar-refractivity contribution in [3.05, 3.63) is 38.3 Å². The Balaban J connectivity index is 2.10. The number of nitrogens with zero attached hydrogens (tertiary/aromatic N) is 1. The van der Waals surface area contributed by atoms with Gasteiger partial charge in [0.15, 0.2) is 0 Å². The van der Waals surface area contributed by atoms with Gasteiger partial charge >= 0.3 is 0 Å². The van der Waals surface area contributed by atoms with Gasteiger partial charge in [-0.3, -0.25) is 14.9 Å². The van der Waals surface area contributed by atoms with Crippen LogP contribution in [0.15, 0.2) is 22.7 Å². The number of hydrogen-bond donors (Lipinski definition) is 1. The summed E-state index contributed by atoms with van der Waals surface area (Å²) in [4.78, 5) is 22.3. The van der Waals surface area contributed by atoms with Gasteiger partial charge in [-0.2, -0.15) is 11.8 Å². The normalized spacial score (nSPS) is 15.9. The summed E-state index contributed by atoms with van der Waals surface area (Å²) in [5.74, 6) is -0.282. The van der Waals surface area contributed by atoms with E-state index in [1.807, 2.05) is 6.26 Å². The molecule has 1 aromatic rings. The van der Waals surface area contributed by atoms with Crippen LogP contribution in [0.25, 0.3) is 0 Å². The van der Waals surface area contributed by atoms with Crippen LogP contribution < -0.4 is 5.32 Å². The number of nitrogens with one attached hydrogen (secondary N) is 1. The zero-order valence-corrected chi connectivity index (χ0v) is 12.7. The van der Waals surface area contributed by atoms with E-state index in [9.17, 15) is 14.9 Å². The molecule has 0 aliphatic heterocycles. The van der Waals surface area contributed by atoms with Crippen LogP contribution in [0.4, 0.5) is 5.69 Å². The third-order valence-electron chi connectivity index (χ3n) is 3.22. The van der Waals surface area contributed by atoms with Crippen molar-refractivity contribution in [2.75, 3.05) is 12.8 Å². The lowest BCUT2D eigenvalue weighted by atomic mass is 10.2. The predicted octanol–water partition coefficient (Wildman–Crippen LogP) is 2.98. The molecule has 0 spiro atoms. The van der Waals surface area contributed by atoms with Crippen molar-refractivity contribution in [3.8, 4) is 0 Å². The quantitative estimate of drug-likeness (QED) is 0.658. The Bertz CT molecular complexity index is 532. The van der Waals surface area contributed by atoms with Gasteiger partial charge in [-0.15, -0.1) is 0 Å². The Kier molecular flexibility index (Phi) is 4.15. The Morgan fingerprint density at radius 3 is 2.79 bits per heavy atom. The summed E-state index contributed by atoms with van der Waals surface area (Å²) >= 11 is 5.00. The molecule has 0 unspecified atom stereocenters. The maximum Gasteiger partial charge on any atom is 0.270 e. The lowest BCUT2D eigenvalue weighted by molar-refractivity contribution is -0.384. The molecule has 0 heterocycles. The molecule has 0 aromatic heterocycles. The minimum atomic E-state index is -0.506. The molecule has 5 nitrogen and oxygen atoms in total. The van der Waals surface area contributed by atoms with Gasteiger partial charge in [0.25, 0.3) is 11.6 Å². The first-order chi connectivity index (χ1) is 8.97. The monoisotopic (exact) mass is 344 g/mol. The number of nitro benzene ring substituents is 1. The first-order valence-corrected chi connectivity index (χ1v) is 7.76. The van der Waals surface area contributed by atoms with E-state index < -0.39 is 4.92 Å². The number of nitro groups is 1. The molecule has 1 amide bonds. The number of non-ortho nitro benzene ring substituents is 1. The van der Waals surface area contributed by atoms with E-state index in [0.717, 1.165) is 12.8 Å². The fourth-order valence-corrected chi connectivity index (χ4v) is 2.88. The molecular weight excluding hydrogens is 332 g/mol. The highest BCUT2D eigenvalue weighted by Gasteiger charge is 2.42. The maximum absolute atomic E-state index is 12.1. The number of benzene rings is 1. The van der Waals surface area contributed by atoms with E-state index in [4.69, 9.17) is 0 Å². The van der Waals surface area contributed by atoms with Crippen LogP contribution >= 0.6 is 27.7 Å². The maximum atomic E-state index is 12.1. The summed E-state index contributed by atoms with van der Waals surface area (Å²) in [6, 6.07) is 4.18. The number of halogens is 1. The average Bonchev–Trinajstić information content (AvgIpc) is 3.17. The summed E-state index contributed by atoms with van der Waals surface area (Å²) in [5, 5.41) is 13.6. The number of carbonyl (C=O) groups is 1. The third kappa shape index (κ3) is 3.27. The number of rotatable bonds is 5. The van der Waals surface area contributed by atoms with Crippen molar-refractivity contribution in [2.24, 2.45) is 0 Å². The van der Waals surface area contributed by atoms with E-state index in [1.54, 1.807) is 11.8 Å². The summed E-state index contributed by atoms with van der Waals surface area (Å²) in [7, 11) is 0. The molecule has 0 atom stereocenters. The van der Waals surface area contributed by atoms with Crippen LogP contribution in [-0.4, -0.2) is 28.4 Å². The smallest absolute Gasteiger partial charge is 0.270 e. The highest BCUT2D eigenvalue weighted by Crippen LogP contribution is 2.46. The van der Waals surface area contributed by atoms with Crippen LogP contribution in [0.2, 0.25) is 0 Å². The Labute approximate surface area is 123 Å². The van der Waals surface area contributed by atoms with Crippen molar-refractivity contribution >= 4 is 39.3 Å². The molecular formula is C12H13BrN2O3S. The van der Waals surface area contributed by atoms with Gasteiger partial charge in [0.2, 0.25) is 0 Å². The molecule has 1 aliphatic carbocycles. The number of thioether (sulfide) groups is 1. The van der Waals surface area contributed by atoms with Gasteiger partial charge in [0, 0.05) is 27.9 Å². The van der Waals surface area contributed by atoms with E-state index in [-0.39, 0.29) is 16.3 Å². The standard InChI is InChI=1S/C12H13BrN2O3S/c1-19-12(4-5-12)7-14-11(16)9-6-8(15(17)18)2-3-10(9)13/h2-3,6H,4-5,7H2,1H3,(H,14,16). The fraction of sp³-hybridized carbons (Fsp3) is 0.417. The number of amides is 1. The molecule has 0 bridgehead atoms. The molecule has 0 saturated heterocycles. The lowest BCUT2D eigenvalue weighted by Crippen LogP contribution is -2.31. The van der Waals surface area contributed by atoms with Gasteiger partial charge in [0.05, 0.1) is 10.5 Å². The topological polar surface area (TPSA) is 72.2 Å². The Hall–Kier alpha value is -1.08. The summed E-state index contributed by atoms with van der Waals surface area (Å²) in [6.45, 7) is 0.599. The van der Waals surface area contributed by atoms with Gasteiger partial charge in [-0.1, -0.05) is 0 Å². The van der Waals surface area contributed by atoms with Crippen LogP contribution in [0.1, 0.15) is 23.2 Å². The molecule has 19 heavy (non-hydrogen) atoms. The predicted molar refractivity (Wildman–Crippen MR) is 78.6 cm³/mol. The highest BCUT2D eigenvalue weighted by molar-refractivity contribution is 9.10. The highest BCUT2D eigenvalue weighted by atomic mass is 79.9. The van der Waals surface area contributed by atoms with Crippen LogP contribution in [0.3, 0.4) is 0 Å². The van der Waals surface area contributed by atoms with Gasteiger partial charge in [-0.25, -0.2) is 0 Å². The van der Waals surface area contributed by atoms with Gasteiger partial charge < -0.3 is 5.32 Å². The van der Waals surface area contributed by atoms with Crippen molar-refractivity contribution in [1.29, 1.82) is 0 Å². The first kappa shape index (κ1) is 14.3. The Morgan fingerprint density at radius 1 is 1.58 bits per heavy atom. The molecule has 7 heteroatoms. The molecule has 1 N–H and O–H groups in total. The van der Waals surface area contributed by atoms with Crippen LogP contribution in [0.5, 0.6) is 0 Å². The SMILES string of the molecule is CSC1(CNC(=O)c2cc([N+](=O)[O-])ccc2Br)CC1. The third-order valence-corrected chi connectivity index (χ3v) is 5.33. The van der Waals surface area contributed by atoms with Crippen molar-refractivity contribution in [1.82, 2.24) is 5.32 Å². The van der Waals surface area contributed by atoms with E-state index in [1.165, 1.54) is 18.2 Å². The molecule has 2 rings (SSSR count).